The van der Waals surface area contributed by atoms with E-state index in [-0.39, 0.29) is 23.6 Å². The first-order valence-electron chi connectivity index (χ1n) is 9.18. The summed E-state index contributed by atoms with van der Waals surface area (Å²) in [7, 11) is 0. The maximum atomic E-state index is 12.3. The number of carbonyl (C=O) groups excluding carboxylic acids is 1. The molecule has 3 aromatic rings. The third kappa shape index (κ3) is 4.16. The van der Waals surface area contributed by atoms with E-state index in [1.165, 1.54) is 12.3 Å². The Balaban J connectivity index is 1.32. The molecule has 0 spiro atoms. The number of aromatic nitrogens is 2. The first-order chi connectivity index (χ1) is 13.2. The van der Waals surface area contributed by atoms with Gasteiger partial charge < -0.3 is 15.0 Å². The molecule has 1 aliphatic carbocycles. The molecule has 2 aromatic heterocycles. The molecule has 27 heavy (non-hydrogen) atoms. The van der Waals surface area contributed by atoms with Crippen molar-refractivity contribution in [2.75, 3.05) is 0 Å². The number of hydrogen-bond acceptors (Lipinski definition) is 4. The smallest absolute Gasteiger partial charge is 0.251 e. The Hall–Kier alpha value is -3.15. The van der Waals surface area contributed by atoms with Crippen molar-refractivity contribution >= 4 is 16.8 Å². The summed E-state index contributed by atoms with van der Waals surface area (Å²) in [6, 6.07) is 12.9. The van der Waals surface area contributed by atoms with Crippen molar-refractivity contribution in [1.29, 1.82) is 0 Å². The molecule has 0 unspecified atom stereocenters. The molecular formula is C21H21N3O3. The molecular weight excluding hydrogens is 342 g/mol. The summed E-state index contributed by atoms with van der Waals surface area (Å²) in [5.74, 6) is 0.652. The molecule has 138 valence electrons. The van der Waals surface area contributed by atoms with Crippen molar-refractivity contribution < 1.29 is 9.53 Å². The lowest BCUT2D eigenvalue weighted by Gasteiger charge is -2.29. The van der Waals surface area contributed by atoms with Crippen LogP contribution in [0.3, 0.4) is 0 Å². The minimum Gasteiger partial charge on any atom is -0.490 e. The third-order valence-corrected chi connectivity index (χ3v) is 4.92. The van der Waals surface area contributed by atoms with Crippen molar-refractivity contribution in [1.82, 2.24) is 15.3 Å². The molecule has 0 saturated heterocycles. The Morgan fingerprint density at radius 2 is 1.96 bits per heavy atom. The molecule has 6 nitrogen and oxygen atoms in total. The molecule has 0 atom stereocenters. The number of ether oxygens (including phenoxy) is 1. The van der Waals surface area contributed by atoms with E-state index in [0.29, 0.717) is 5.56 Å². The minimum absolute atomic E-state index is 0.109. The van der Waals surface area contributed by atoms with Gasteiger partial charge in [-0.25, -0.2) is 0 Å². The summed E-state index contributed by atoms with van der Waals surface area (Å²) < 4.78 is 6.13. The molecule has 2 N–H and O–H groups in total. The van der Waals surface area contributed by atoms with E-state index in [0.717, 1.165) is 42.3 Å². The van der Waals surface area contributed by atoms with Gasteiger partial charge in [0.15, 0.2) is 0 Å². The van der Waals surface area contributed by atoms with Crippen molar-refractivity contribution in [2.45, 2.75) is 37.8 Å². The summed E-state index contributed by atoms with van der Waals surface area (Å²) in [4.78, 5) is 30.4. The number of amides is 1. The quantitative estimate of drug-likeness (QED) is 0.746. The fourth-order valence-electron chi connectivity index (χ4n) is 3.50. The van der Waals surface area contributed by atoms with E-state index in [2.05, 4.69) is 15.3 Å². The number of fused-ring (bicyclic) bond motifs is 1. The number of nitrogens with one attached hydrogen (secondary N) is 2. The van der Waals surface area contributed by atoms with Crippen LogP contribution in [0.1, 0.15) is 36.0 Å². The van der Waals surface area contributed by atoms with Gasteiger partial charge >= 0.3 is 0 Å². The van der Waals surface area contributed by atoms with Crippen LogP contribution in [-0.2, 0) is 0 Å². The minimum atomic E-state index is -0.273. The van der Waals surface area contributed by atoms with Crippen molar-refractivity contribution in [3.63, 3.8) is 0 Å². The van der Waals surface area contributed by atoms with Gasteiger partial charge in [-0.15, -0.1) is 0 Å². The van der Waals surface area contributed by atoms with Crippen molar-refractivity contribution in [3.05, 3.63) is 70.8 Å². The number of H-pyrrole nitrogens is 1. The molecule has 6 heteroatoms. The SMILES string of the molecule is O=C(NC1CCC(Oc2ccc3ncccc3c2)CC1)c1cc[nH]c(=O)c1. The summed E-state index contributed by atoms with van der Waals surface area (Å²) in [5.41, 5.74) is 1.07. The van der Waals surface area contributed by atoms with E-state index in [4.69, 9.17) is 4.74 Å². The lowest BCUT2D eigenvalue weighted by atomic mass is 9.92. The van der Waals surface area contributed by atoms with E-state index in [1.807, 2.05) is 30.3 Å². The highest BCUT2D eigenvalue weighted by Gasteiger charge is 2.24. The Kier molecular flexibility index (Phi) is 4.87. The summed E-state index contributed by atoms with van der Waals surface area (Å²) >= 11 is 0. The van der Waals surface area contributed by atoms with Crippen LogP contribution in [-0.4, -0.2) is 28.0 Å². The van der Waals surface area contributed by atoms with Gasteiger partial charge in [0.1, 0.15) is 5.75 Å². The Labute approximate surface area is 156 Å². The van der Waals surface area contributed by atoms with Crippen LogP contribution in [0.2, 0.25) is 0 Å². The molecule has 0 radical (unpaired) electrons. The normalized spacial score (nSPS) is 19.6. The number of nitrogens with zero attached hydrogens (tertiary/aromatic N) is 1. The third-order valence-electron chi connectivity index (χ3n) is 4.92. The second kappa shape index (κ2) is 7.61. The van der Waals surface area contributed by atoms with Crippen LogP contribution in [0.15, 0.2) is 59.7 Å². The number of hydrogen-bond donors (Lipinski definition) is 2. The highest BCUT2D eigenvalue weighted by Crippen LogP contribution is 2.26. The van der Waals surface area contributed by atoms with Gasteiger partial charge in [0.05, 0.1) is 11.6 Å². The van der Waals surface area contributed by atoms with Crippen LogP contribution in [0.4, 0.5) is 0 Å². The predicted octanol–water partition coefficient (Wildman–Crippen LogP) is 3.04. The van der Waals surface area contributed by atoms with Gasteiger partial charge in [-0.05, 0) is 56.0 Å². The summed E-state index contributed by atoms with van der Waals surface area (Å²) in [5, 5.41) is 4.08. The van der Waals surface area contributed by atoms with E-state index >= 15 is 0 Å². The number of benzene rings is 1. The molecule has 1 fully saturated rings. The monoisotopic (exact) mass is 363 g/mol. The zero-order valence-corrected chi connectivity index (χ0v) is 14.9. The van der Waals surface area contributed by atoms with Gasteiger partial charge in [0.2, 0.25) is 5.56 Å². The molecule has 1 saturated carbocycles. The first-order valence-corrected chi connectivity index (χ1v) is 9.18. The zero-order chi connectivity index (χ0) is 18.6. The lowest BCUT2D eigenvalue weighted by molar-refractivity contribution is 0.0894. The van der Waals surface area contributed by atoms with Crippen LogP contribution in [0.5, 0.6) is 5.75 Å². The molecule has 1 aromatic carbocycles. The zero-order valence-electron chi connectivity index (χ0n) is 14.9. The molecule has 1 aliphatic rings. The van der Waals surface area contributed by atoms with Crippen LogP contribution >= 0.6 is 0 Å². The molecule has 4 rings (SSSR count). The largest absolute Gasteiger partial charge is 0.490 e. The van der Waals surface area contributed by atoms with Gasteiger partial charge in [0.25, 0.3) is 5.91 Å². The van der Waals surface area contributed by atoms with E-state index in [1.54, 1.807) is 12.3 Å². The number of pyridine rings is 2. The fourth-order valence-corrected chi connectivity index (χ4v) is 3.50. The van der Waals surface area contributed by atoms with Crippen LogP contribution in [0.25, 0.3) is 10.9 Å². The predicted molar refractivity (Wildman–Crippen MR) is 103 cm³/mol. The highest BCUT2D eigenvalue weighted by atomic mass is 16.5. The van der Waals surface area contributed by atoms with E-state index in [9.17, 15) is 9.59 Å². The maximum absolute atomic E-state index is 12.3. The standard InChI is InChI=1S/C21H21N3O3/c25-20-13-15(9-11-23-20)21(26)24-16-3-5-17(6-4-16)27-18-7-8-19-14(12-18)2-1-10-22-19/h1-2,7-13,16-17H,3-6H2,(H,23,25)(H,24,26). The molecule has 2 heterocycles. The number of carbonyl (C=O) groups is 1. The Bertz CT molecular complexity index is 1010. The second-order valence-electron chi connectivity index (χ2n) is 6.86. The Morgan fingerprint density at radius 3 is 2.78 bits per heavy atom. The van der Waals surface area contributed by atoms with Gasteiger partial charge in [0, 0.05) is 35.5 Å². The lowest BCUT2D eigenvalue weighted by Crippen LogP contribution is -2.40. The second-order valence-corrected chi connectivity index (χ2v) is 6.86. The highest BCUT2D eigenvalue weighted by molar-refractivity contribution is 5.94. The average molecular weight is 363 g/mol. The molecule has 1 amide bonds. The van der Waals surface area contributed by atoms with Crippen molar-refractivity contribution in [2.24, 2.45) is 0 Å². The molecule has 0 aliphatic heterocycles. The first kappa shape index (κ1) is 17.3. The fraction of sp³-hybridized carbons (Fsp3) is 0.286. The van der Waals surface area contributed by atoms with Crippen LogP contribution in [0, 0.1) is 0 Å². The van der Waals surface area contributed by atoms with Crippen LogP contribution < -0.4 is 15.6 Å². The summed E-state index contributed by atoms with van der Waals surface area (Å²) in [6.07, 6.45) is 6.89. The maximum Gasteiger partial charge on any atom is 0.251 e. The summed E-state index contributed by atoms with van der Waals surface area (Å²) in [6.45, 7) is 0. The topological polar surface area (TPSA) is 84.1 Å². The molecule has 0 bridgehead atoms. The average Bonchev–Trinajstić information content (AvgIpc) is 2.69. The number of rotatable bonds is 4. The van der Waals surface area contributed by atoms with Gasteiger partial charge in [-0.2, -0.15) is 0 Å². The Morgan fingerprint density at radius 1 is 1.11 bits per heavy atom. The van der Waals surface area contributed by atoms with Gasteiger partial charge in [-0.1, -0.05) is 6.07 Å². The van der Waals surface area contributed by atoms with Gasteiger partial charge in [-0.3, -0.25) is 14.6 Å². The number of aromatic amines is 1. The van der Waals surface area contributed by atoms with Crippen molar-refractivity contribution in [3.8, 4) is 5.75 Å². The van der Waals surface area contributed by atoms with E-state index < -0.39 is 0 Å².